The number of rotatable bonds is 2. The van der Waals surface area contributed by atoms with Crippen molar-refractivity contribution < 1.29 is 4.74 Å². The van der Waals surface area contributed by atoms with Crippen LogP contribution in [0.2, 0.25) is 0 Å². The molecule has 0 fully saturated rings. The Hall–Kier alpha value is -0.740. The lowest BCUT2D eigenvalue weighted by atomic mass is 9.92. The van der Waals surface area contributed by atoms with E-state index in [-0.39, 0.29) is 5.41 Å². The van der Waals surface area contributed by atoms with Crippen molar-refractivity contribution >= 4 is 12.2 Å². The van der Waals surface area contributed by atoms with Crippen LogP contribution < -0.4 is 0 Å². The maximum absolute atomic E-state index is 5.41. The number of nitrogens with one attached hydrogen (secondary N) is 1. The van der Waals surface area contributed by atoms with Crippen molar-refractivity contribution in [3.8, 4) is 0 Å². The van der Waals surface area contributed by atoms with Gasteiger partial charge >= 0.3 is 0 Å². The molecule has 0 bridgehead atoms. The van der Waals surface area contributed by atoms with Crippen LogP contribution in [0.3, 0.4) is 0 Å². The van der Waals surface area contributed by atoms with E-state index in [1.165, 1.54) is 0 Å². The molecule has 0 aliphatic carbocycles. The molecule has 1 N–H and O–H groups in total. The minimum atomic E-state index is -0.450. The van der Waals surface area contributed by atoms with E-state index in [4.69, 9.17) is 17.0 Å². The second-order valence-electron chi connectivity index (χ2n) is 5.45. The van der Waals surface area contributed by atoms with Crippen molar-refractivity contribution in [2.24, 2.45) is 0 Å². The maximum Gasteiger partial charge on any atom is 0.139 e. The molecule has 0 aromatic carbocycles. The Morgan fingerprint density at radius 3 is 2.25 bits per heavy atom. The summed E-state index contributed by atoms with van der Waals surface area (Å²) in [5.74, 6) is 0.771. The van der Waals surface area contributed by atoms with Crippen molar-refractivity contribution in [1.29, 1.82) is 0 Å². The van der Waals surface area contributed by atoms with Gasteiger partial charge < -0.3 is 9.72 Å². The van der Waals surface area contributed by atoms with E-state index in [0.717, 1.165) is 11.5 Å². The number of hydrogen-bond donors (Lipinski definition) is 1. The summed E-state index contributed by atoms with van der Waals surface area (Å²) in [5.41, 5.74) is 0.650. The number of ether oxygens (including phenoxy) is 1. The molecule has 1 aromatic rings. The number of aromatic amines is 1. The molecule has 0 spiro atoms. The molecular formula is C12H20N2OS. The molecule has 0 saturated carbocycles. The molecule has 0 aliphatic heterocycles. The second kappa shape index (κ2) is 4.26. The van der Waals surface area contributed by atoms with Crippen molar-refractivity contribution in [1.82, 2.24) is 9.97 Å². The molecule has 0 aliphatic rings. The van der Waals surface area contributed by atoms with Gasteiger partial charge in [-0.3, -0.25) is 0 Å². The van der Waals surface area contributed by atoms with Gasteiger partial charge in [0, 0.05) is 18.2 Å². The van der Waals surface area contributed by atoms with Crippen LogP contribution in [0.15, 0.2) is 6.07 Å². The Morgan fingerprint density at radius 1 is 1.25 bits per heavy atom. The van der Waals surface area contributed by atoms with E-state index < -0.39 is 5.60 Å². The van der Waals surface area contributed by atoms with E-state index in [1.807, 2.05) is 19.9 Å². The fourth-order valence-corrected chi connectivity index (χ4v) is 1.45. The van der Waals surface area contributed by atoms with Gasteiger partial charge in [-0.15, -0.1) is 0 Å². The molecule has 0 radical (unpaired) electrons. The van der Waals surface area contributed by atoms with Crippen LogP contribution >= 0.6 is 12.2 Å². The molecule has 3 nitrogen and oxygen atoms in total. The summed E-state index contributed by atoms with van der Waals surface area (Å²) in [7, 11) is 1.67. The summed E-state index contributed by atoms with van der Waals surface area (Å²) in [4.78, 5) is 7.64. The Balaban J connectivity index is 3.35. The first-order chi connectivity index (χ1) is 7.16. The summed E-state index contributed by atoms with van der Waals surface area (Å²) >= 11 is 5.19. The van der Waals surface area contributed by atoms with Gasteiger partial charge in [-0.1, -0.05) is 33.0 Å². The summed E-state index contributed by atoms with van der Waals surface area (Å²) in [6.45, 7) is 10.3. The minimum Gasteiger partial charge on any atom is -0.371 e. The minimum absolute atomic E-state index is 0.0229. The van der Waals surface area contributed by atoms with Crippen LogP contribution in [-0.2, 0) is 15.8 Å². The van der Waals surface area contributed by atoms with Gasteiger partial charge in [-0.05, 0) is 19.9 Å². The fraction of sp³-hybridized carbons (Fsp3) is 0.667. The van der Waals surface area contributed by atoms with Crippen molar-refractivity contribution in [2.45, 2.75) is 45.6 Å². The zero-order valence-corrected chi connectivity index (χ0v) is 11.7. The van der Waals surface area contributed by atoms with E-state index in [2.05, 4.69) is 30.7 Å². The highest BCUT2D eigenvalue weighted by Gasteiger charge is 2.24. The third-order valence-corrected chi connectivity index (χ3v) is 2.84. The highest BCUT2D eigenvalue weighted by molar-refractivity contribution is 7.71. The van der Waals surface area contributed by atoms with Crippen molar-refractivity contribution in [3.63, 3.8) is 0 Å². The van der Waals surface area contributed by atoms with E-state index >= 15 is 0 Å². The predicted octanol–water partition coefficient (Wildman–Crippen LogP) is 3.32. The van der Waals surface area contributed by atoms with Crippen molar-refractivity contribution in [2.75, 3.05) is 7.11 Å². The van der Waals surface area contributed by atoms with E-state index in [9.17, 15) is 0 Å². The van der Waals surface area contributed by atoms with Crippen molar-refractivity contribution in [3.05, 3.63) is 22.2 Å². The topological polar surface area (TPSA) is 37.9 Å². The number of methoxy groups -OCH3 is 1. The van der Waals surface area contributed by atoms with Crippen LogP contribution in [0, 0.1) is 4.64 Å². The van der Waals surface area contributed by atoms with Gasteiger partial charge in [-0.2, -0.15) is 0 Å². The molecule has 16 heavy (non-hydrogen) atoms. The summed E-state index contributed by atoms with van der Waals surface area (Å²) in [6.07, 6.45) is 0. The SMILES string of the molecule is COC(C)(C)c1nc(=S)cc(C(C)(C)C)[nH]1. The number of nitrogens with zero attached hydrogens (tertiary/aromatic N) is 1. The zero-order chi connectivity index (χ0) is 12.6. The van der Waals surface area contributed by atoms with E-state index in [0.29, 0.717) is 4.64 Å². The molecule has 0 amide bonds. The summed E-state index contributed by atoms with van der Waals surface area (Å²) in [6, 6.07) is 1.91. The Bertz CT molecular complexity index is 429. The van der Waals surface area contributed by atoms with Gasteiger partial charge in [0.2, 0.25) is 0 Å². The van der Waals surface area contributed by atoms with Gasteiger partial charge in [0.05, 0.1) is 0 Å². The van der Waals surface area contributed by atoms with Crippen LogP contribution in [0.25, 0.3) is 0 Å². The lowest BCUT2D eigenvalue weighted by Gasteiger charge is -2.25. The molecule has 1 rings (SSSR count). The molecule has 4 heteroatoms. The molecule has 1 aromatic heterocycles. The quantitative estimate of drug-likeness (QED) is 0.806. The lowest BCUT2D eigenvalue weighted by molar-refractivity contribution is 0.0110. The number of aromatic nitrogens is 2. The highest BCUT2D eigenvalue weighted by Crippen LogP contribution is 2.24. The Kier molecular flexibility index (Phi) is 3.55. The number of H-pyrrole nitrogens is 1. The van der Waals surface area contributed by atoms with E-state index in [1.54, 1.807) is 7.11 Å². The van der Waals surface area contributed by atoms with Gasteiger partial charge in [0.25, 0.3) is 0 Å². The Morgan fingerprint density at radius 2 is 1.81 bits per heavy atom. The molecular weight excluding hydrogens is 220 g/mol. The summed E-state index contributed by atoms with van der Waals surface area (Å²) < 4.78 is 6.01. The highest BCUT2D eigenvalue weighted by atomic mass is 32.1. The average molecular weight is 240 g/mol. The smallest absolute Gasteiger partial charge is 0.139 e. The second-order valence-corrected chi connectivity index (χ2v) is 5.86. The third kappa shape index (κ3) is 2.89. The number of hydrogen-bond acceptors (Lipinski definition) is 3. The molecule has 0 saturated heterocycles. The molecule has 1 heterocycles. The van der Waals surface area contributed by atoms with Crippen LogP contribution in [0.5, 0.6) is 0 Å². The first kappa shape index (κ1) is 13.3. The van der Waals surface area contributed by atoms with Crippen LogP contribution in [0.1, 0.15) is 46.1 Å². The maximum atomic E-state index is 5.41. The van der Waals surface area contributed by atoms with Crippen LogP contribution in [-0.4, -0.2) is 17.1 Å². The predicted molar refractivity (Wildman–Crippen MR) is 68.2 cm³/mol. The Labute approximate surface area is 102 Å². The average Bonchev–Trinajstić information content (AvgIpc) is 2.15. The van der Waals surface area contributed by atoms with Gasteiger partial charge in [0.1, 0.15) is 16.1 Å². The zero-order valence-electron chi connectivity index (χ0n) is 10.8. The first-order valence-corrected chi connectivity index (χ1v) is 5.75. The van der Waals surface area contributed by atoms with Crippen LogP contribution in [0.4, 0.5) is 0 Å². The monoisotopic (exact) mass is 240 g/mol. The lowest BCUT2D eigenvalue weighted by Crippen LogP contribution is -2.25. The third-order valence-electron chi connectivity index (χ3n) is 2.63. The largest absolute Gasteiger partial charge is 0.371 e. The first-order valence-electron chi connectivity index (χ1n) is 5.34. The van der Waals surface area contributed by atoms with Gasteiger partial charge in [-0.25, -0.2) is 4.98 Å². The molecule has 0 unspecified atom stereocenters. The normalized spacial score (nSPS) is 12.9. The fourth-order valence-electron chi connectivity index (χ4n) is 1.24. The standard InChI is InChI=1S/C12H20N2OS/c1-11(2,3)8-7-9(16)14-10(13-8)12(4,5)15-6/h7H,1-6H3,(H,13,14,16). The van der Waals surface area contributed by atoms with Gasteiger partial charge in [0.15, 0.2) is 0 Å². The molecule has 90 valence electrons. The molecule has 0 atom stereocenters. The summed E-state index contributed by atoms with van der Waals surface area (Å²) in [5, 5.41) is 0.